The lowest BCUT2D eigenvalue weighted by molar-refractivity contribution is -0.140. The molecular weight excluding hydrogens is 538 g/mol. The molecule has 0 aliphatic carbocycles. The first-order chi connectivity index (χ1) is 16.5. The zero-order chi connectivity index (χ0) is 25.5. The van der Waals surface area contributed by atoms with E-state index in [0.29, 0.717) is 49.7 Å². The van der Waals surface area contributed by atoms with E-state index in [2.05, 4.69) is 31.3 Å². The van der Waals surface area contributed by atoms with Crippen molar-refractivity contribution in [1.29, 1.82) is 0 Å². The average molecular weight is 558 g/mol. The fraction of sp³-hybridized carbons (Fsp3) is 0.364. The van der Waals surface area contributed by atoms with Gasteiger partial charge in [-0.05, 0) is 59.0 Å². The molecule has 186 valence electrons. The Balaban J connectivity index is 1.72. The first-order valence-corrected chi connectivity index (χ1v) is 11.4. The van der Waals surface area contributed by atoms with Crippen LogP contribution in [-0.4, -0.2) is 38.3 Å². The highest BCUT2D eigenvalue weighted by Crippen LogP contribution is 2.34. The van der Waals surface area contributed by atoms with E-state index in [1.165, 1.54) is 11.5 Å². The second-order valence-electron chi connectivity index (χ2n) is 7.90. The number of carbonyl (C=O) groups excluding carboxylic acids is 1. The highest BCUT2D eigenvalue weighted by molar-refractivity contribution is 9.10. The number of nitrogens with one attached hydrogen (secondary N) is 1. The minimum absolute atomic E-state index is 0.0465. The molecule has 1 aromatic carbocycles. The molecule has 0 saturated heterocycles. The number of nitrogens with zero attached hydrogens (tertiary/aromatic N) is 4. The van der Waals surface area contributed by atoms with Crippen molar-refractivity contribution in [2.75, 3.05) is 18.5 Å². The van der Waals surface area contributed by atoms with E-state index in [0.717, 1.165) is 10.1 Å². The maximum Gasteiger partial charge on any atom is 0.419 e. The minimum Gasteiger partial charge on any atom is -0.377 e. The summed E-state index contributed by atoms with van der Waals surface area (Å²) in [5.74, 6) is -1.68. The van der Waals surface area contributed by atoms with E-state index in [1.54, 1.807) is 6.92 Å². The maximum atomic E-state index is 14.1. The topological polar surface area (TPSA) is 90.5 Å². The number of amides is 1. The Bertz CT molecular complexity index is 1410. The van der Waals surface area contributed by atoms with Gasteiger partial charge in [0.05, 0.1) is 18.8 Å². The Morgan fingerprint density at radius 2 is 2.06 bits per heavy atom. The fourth-order valence-corrected chi connectivity index (χ4v) is 4.48. The molecule has 0 bridgehead atoms. The number of anilines is 1. The highest BCUT2D eigenvalue weighted by Gasteiger charge is 2.34. The Morgan fingerprint density at radius 3 is 2.69 bits per heavy atom. The van der Waals surface area contributed by atoms with Gasteiger partial charge in [0.25, 0.3) is 5.56 Å². The number of aryl methyl sites for hydroxylation is 1. The standard InChI is InChI=1S/C22H20BrF4N5O3/c1-3-16-18(23)20(34)32-21(29-19(30-32)12-4-6-35-7-5-12)31(16)10-17(33)28-15-9-14(24)13(8-11(15)2)22(25,26)27/h4,8-9H,3,5-7,10H2,1-2H3,(H,28,33). The molecular formula is C22H20BrF4N5O3. The zero-order valence-corrected chi connectivity index (χ0v) is 20.3. The summed E-state index contributed by atoms with van der Waals surface area (Å²) in [5.41, 5.74) is -0.617. The molecule has 0 spiro atoms. The van der Waals surface area contributed by atoms with Crippen molar-refractivity contribution in [3.8, 4) is 0 Å². The number of fused-ring (bicyclic) bond motifs is 1. The summed E-state index contributed by atoms with van der Waals surface area (Å²) in [6.07, 6.45) is -2.11. The fourth-order valence-electron chi connectivity index (χ4n) is 3.82. The van der Waals surface area contributed by atoms with Crippen LogP contribution in [0.25, 0.3) is 11.4 Å². The lowest BCUT2D eigenvalue weighted by Crippen LogP contribution is -2.28. The monoisotopic (exact) mass is 557 g/mol. The SMILES string of the molecule is CCc1c(Br)c(=O)n2nc(C3=CCOCC3)nc2n1CC(=O)Nc1cc(F)c(C(F)(F)F)cc1C. The molecule has 0 saturated carbocycles. The molecule has 0 unspecified atom stereocenters. The van der Waals surface area contributed by atoms with Gasteiger partial charge in [-0.3, -0.25) is 9.59 Å². The molecule has 1 aliphatic rings. The molecule has 3 aromatic rings. The van der Waals surface area contributed by atoms with Crippen LogP contribution in [0.15, 0.2) is 27.5 Å². The summed E-state index contributed by atoms with van der Waals surface area (Å²) in [6, 6.07) is 1.28. The Morgan fingerprint density at radius 1 is 1.31 bits per heavy atom. The van der Waals surface area contributed by atoms with Gasteiger partial charge in [0.15, 0.2) is 5.82 Å². The van der Waals surface area contributed by atoms with Crippen molar-refractivity contribution in [3.63, 3.8) is 0 Å². The van der Waals surface area contributed by atoms with Gasteiger partial charge in [0, 0.05) is 11.4 Å². The van der Waals surface area contributed by atoms with E-state index in [4.69, 9.17) is 4.74 Å². The van der Waals surface area contributed by atoms with Crippen molar-refractivity contribution in [1.82, 2.24) is 19.2 Å². The van der Waals surface area contributed by atoms with Gasteiger partial charge in [0.2, 0.25) is 11.7 Å². The molecule has 4 rings (SSSR count). The van der Waals surface area contributed by atoms with Crippen molar-refractivity contribution < 1.29 is 27.1 Å². The van der Waals surface area contributed by atoms with Crippen LogP contribution in [-0.2, 0) is 28.7 Å². The Kier molecular flexibility index (Phi) is 6.82. The van der Waals surface area contributed by atoms with Crippen LogP contribution in [0.3, 0.4) is 0 Å². The molecule has 35 heavy (non-hydrogen) atoms. The largest absolute Gasteiger partial charge is 0.419 e. The number of carbonyl (C=O) groups is 1. The van der Waals surface area contributed by atoms with Gasteiger partial charge in [-0.2, -0.15) is 22.7 Å². The van der Waals surface area contributed by atoms with E-state index in [1.807, 2.05) is 6.08 Å². The quantitative estimate of drug-likeness (QED) is 0.476. The molecule has 2 aromatic heterocycles. The maximum absolute atomic E-state index is 14.1. The number of ether oxygens (including phenoxy) is 1. The first-order valence-electron chi connectivity index (χ1n) is 10.6. The summed E-state index contributed by atoms with van der Waals surface area (Å²) < 4.78 is 61.0. The molecule has 1 N–H and O–H groups in total. The third kappa shape index (κ3) is 4.87. The summed E-state index contributed by atoms with van der Waals surface area (Å²) in [7, 11) is 0. The number of rotatable bonds is 5. The normalized spacial score (nSPS) is 14.3. The Hall–Kier alpha value is -3.06. The van der Waals surface area contributed by atoms with Gasteiger partial charge in [-0.1, -0.05) is 13.0 Å². The zero-order valence-electron chi connectivity index (χ0n) is 18.7. The number of hydrogen-bond donors (Lipinski definition) is 1. The van der Waals surface area contributed by atoms with Crippen LogP contribution in [0, 0.1) is 12.7 Å². The second-order valence-corrected chi connectivity index (χ2v) is 8.69. The van der Waals surface area contributed by atoms with Crippen LogP contribution < -0.4 is 10.9 Å². The van der Waals surface area contributed by atoms with Crippen LogP contribution in [0.2, 0.25) is 0 Å². The van der Waals surface area contributed by atoms with E-state index >= 15 is 0 Å². The van der Waals surface area contributed by atoms with Crippen molar-refractivity contribution in [3.05, 3.63) is 61.5 Å². The van der Waals surface area contributed by atoms with Gasteiger partial charge < -0.3 is 14.6 Å². The number of alkyl halides is 3. The average Bonchev–Trinajstić information content (AvgIpc) is 3.25. The van der Waals surface area contributed by atoms with Gasteiger partial charge in [-0.15, -0.1) is 5.10 Å². The molecule has 3 heterocycles. The van der Waals surface area contributed by atoms with E-state index < -0.39 is 29.0 Å². The number of hydrogen-bond acceptors (Lipinski definition) is 5. The van der Waals surface area contributed by atoms with Crippen molar-refractivity contribution in [2.45, 2.75) is 39.4 Å². The first kappa shape index (κ1) is 25.0. The Labute approximate surface area is 204 Å². The smallest absolute Gasteiger partial charge is 0.377 e. The minimum atomic E-state index is -4.85. The van der Waals surface area contributed by atoms with E-state index in [-0.39, 0.29) is 28.0 Å². The number of halogens is 5. The molecule has 0 fully saturated rings. The molecule has 0 atom stereocenters. The van der Waals surface area contributed by atoms with Crippen LogP contribution >= 0.6 is 15.9 Å². The third-order valence-electron chi connectivity index (χ3n) is 5.57. The number of benzene rings is 1. The lowest BCUT2D eigenvalue weighted by Gasteiger charge is -2.16. The van der Waals surface area contributed by atoms with Crippen LogP contribution in [0.4, 0.5) is 23.2 Å². The second kappa shape index (κ2) is 9.53. The summed E-state index contributed by atoms with van der Waals surface area (Å²) in [6.45, 7) is 3.67. The molecule has 8 nitrogen and oxygen atoms in total. The summed E-state index contributed by atoms with van der Waals surface area (Å²) >= 11 is 3.28. The van der Waals surface area contributed by atoms with Crippen LogP contribution in [0.5, 0.6) is 0 Å². The summed E-state index contributed by atoms with van der Waals surface area (Å²) in [5, 5.41) is 6.77. The van der Waals surface area contributed by atoms with Crippen molar-refractivity contribution in [2.24, 2.45) is 0 Å². The number of aromatic nitrogens is 4. The van der Waals surface area contributed by atoms with Crippen LogP contribution in [0.1, 0.15) is 36.0 Å². The third-order valence-corrected chi connectivity index (χ3v) is 6.37. The molecule has 1 amide bonds. The highest BCUT2D eigenvalue weighted by atomic mass is 79.9. The summed E-state index contributed by atoms with van der Waals surface area (Å²) in [4.78, 5) is 30.2. The lowest BCUT2D eigenvalue weighted by atomic mass is 10.1. The van der Waals surface area contributed by atoms with Crippen molar-refractivity contribution >= 4 is 38.9 Å². The predicted molar refractivity (Wildman–Crippen MR) is 123 cm³/mol. The van der Waals surface area contributed by atoms with Gasteiger partial charge in [-0.25, -0.2) is 4.39 Å². The molecule has 13 heteroatoms. The van der Waals surface area contributed by atoms with Gasteiger partial charge in [0.1, 0.15) is 16.8 Å². The van der Waals surface area contributed by atoms with E-state index in [9.17, 15) is 27.2 Å². The molecule has 1 aliphatic heterocycles. The van der Waals surface area contributed by atoms with Gasteiger partial charge >= 0.3 is 6.18 Å². The predicted octanol–water partition coefficient (Wildman–Crippen LogP) is 4.12. The molecule has 0 radical (unpaired) electrons.